The molecule has 0 spiro atoms. The summed E-state index contributed by atoms with van der Waals surface area (Å²) in [5.41, 5.74) is 18.4. The Morgan fingerprint density at radius 3 is 1.38 bits per heavy atom. The first kappa shape index (κ1) is 37.0. The topological polar surface area (TPSA) is 3.24 Å². The molecule has 0 aliphatic heterocycles. The minimum Gasteiger partial charge on any atom is -0.311 e. The summed E-state index contributed by atoms with van der Waals surface area (Å²) in [6.07, 6.45) is 3.30. The first-order valence-electron chi connectivity index (χ1n) is 21.7. The van der Waals surface area contributed by atoms with E-state index in [2.05, 4.69) is 241 Å². The Balaban J connectivity index is 0.837. The van der Waals surface area contributed by atoms with E-state index < -0.39 is 0 Å². The van der Waals surface area contributed by atoms with Gasteiger partial charge in [0.2, 0.25) is 0 Å². The minimum atomic E-state index is 0.966. The van der Waals surface area contributed by atoms with Crippen LogP contribution in [0.5, 0.6) is 0 Å². The number of allylic oxidation sites excluding steroid dienone is 1. The Labute approximate surface area is 372 Å². The number of anilines is 3. The summed E-state index contributed by atoms with van der Waals surface area (Å²) in [6.45, 7) is 0. The molecule has 10 aromatic carbocycles. The van der Waals surface area contributed by atoms with Gasteiger partial charge in [0, 0.05) is 37.2 Å². The van der Waals surface area contributed by atoms with E-state index in [0.29, 0.717) is 0 Å². The summed E-state index contributed by atoms with van der Waals surface area (Å²) >= 11 is 1.86. The monoisotopic (exact) mass is 819 g/mol. The first-order chi connectivity index (χ1) is 31.2. The zero-order valence-electron chi connectivity index (χ0n) is 34.6. The van der Waals surface area contributed by atoms with Gasteiger partial charge < -0.3 is 4.90 Å². The van der Waals surface area contributed by atoms with Crippen molar-refractivity contribution < 1.29 is 0 Å². The van der Waals surface area contributed by atoms with Crippen LogP contribution in [0.25, 0.3) is 87.1 Å². The van der Waals surface area contributed by atoms with Crippen LogP contribution in [0, 0.1) is 0 Å². The van der Waals surface area contributed by atoms with Crippen molar-refractivity contribution in [2.75, 3.05) is 4.90 Å². The molecular weight excluding hydrogens is 779 g/mol. The molecule has 296 valence electrons. The molecular formula is C61H41NS. The standard InChI is InChI=1S/C61H41NS/c1-2-8-49-37-52(22-21-41(49)7-1)46-17-13-42(14-18-46)44-23-30-55(31-24-44)62(57-34-27-48(28-35-57)54-38-50-9-3-4-10-51(50)39-54)56-32-25-45(26-33-56)43-15-19-47(20-16-43)53-29-36-61-59(40-53)58-11-5-6-12-60(58)63-61/h1-38,40H,39H2. The molecule has 0 fully saturated rings. The summed E-state index contributed by atoms with van der Waals surface area (Å²) in [7, 11) is 0. The highest BCUT2D eigenvalue weighted by atomic mass is 32.1. The fourth-order valence-corrected chi connectivity index (χ4v) is 10.4. The van der Waals surface area contributed by atoms with Crippen LogP contribution in [0.4, 0.5) is 17.1 Å². The van der Waals surface area contributed by atoms with Crippen molar-refractivity contribution in [2.24, 2.45) is 0 Å². The van der Waals surface area contributed by atoms with E-state index in [-0.39, 0.29) is 0 Å². The van der Waals surface area contributed by atoms with Crippen LogP contribution in [0.15, 0.2) is 231 Å². The van der Waals surface area contributed by atoms with Crippen molar-refractivity contribution in [2.45, 2.75) is 6.42 Å². The second kappa shape index (κ2) is 15.6. The lowest BCUT2D eigenvalue weighted by atomic mass is 9.98. The summed E-state index contributed by atoms with van der Waals surface area (Å²) in [5.74, 6) is 0. The molecule has 12 rings (SSSR count). The fraction of sp³-hybridized carbons (Fsp3) is 0.0164. The third-order valence-electron chi connectivity index (χ3n) is 12.7. The second-order valence-electron chi connectivity index (χ2n) is 16.5. The molecule has 0 radical (unpaired) electrons. The van der Waals surface area contributed by atoms with E-state index >= 15 is 0 Å². The Morgan fingerprint density at radius 2 is 0.762 bits per heavy atom. The number of benzene rings is 10. The molecule has 2 heteroatoms. The average Bonchev–Trinajstić information content (AvgIpc) is 3.97. The minimum absolute atomic E-state index is 0.966. The number of nitrogens with zero attached hydrogens (tertiary/aromatic N) is 1. The maximum Gasteiger partial charge on any atom is 0.0462 e. The zero-order chi connectivity index (χ0) is 41.7. The Morgan fingerprint density at radius 1 is 0.317 bits per heavy atom. The van der Waals surface area contributed by atoms with Crippen molar-refractivity contribution in [1.29, 1.82) is 0 Å². The smallest absolute Gasteiger partial charge is 0.0462 e. The van der Waals surface area contributed by atoms with Crippen molar-refractivity contribution in [3.63, 3.8) is 0 Å². The van der Waals surface area contributed by atoms with Gasteiger partial charge in [0.15, 0.2) is 0 Å². The van der Waals surface area contributed by atoms with E-state index in [9.17, 15) is 0 Å². The van der Waals surface area contributed by atoms with Gasteiger partial charge in [-0.25, -0.2) is 0 Å². The van der Waals surface area contributed by atoms with E-state index in [1.165, 1.54) is 97.7 Å². The van der Waals surface area contributed by atoms with Crippen molar-refractivity contribution >= 4 is 71.0 Å². The Kier molecular flexibility index (Phi) is 9.17. The highest BCUT2D eigenvalue weighted by Crippen LogP contribution is 2.40. The fourth-order valence-electron chi connectivity index (χ4n) is 9.33. The molecule has 0 unspecified atom stereocenters. The van der Waals surface area contributed by atoms with E-state index in [1.54, 1.807) is 0 Å². The molecule has 1 aliphatic carbocycles. The number of hydrogen-bond acceptors (Lipinski definition) is 2. The van der Waals surface area contributed by atoms with Gasteiger partial charge in [0.1, 0.15) is 0 Å². The molecule has 0 atom stereocenters. The summed E-state index contributed by atoms with van der Waals surface area (Å²) in [6, 6.07) is 84.6. The van der Waals surface area contributed by atoms with Gasteiger partial charge in [0.25, 0.3) is 0 Å². The average molecular weight is 820 g/mol. The molecule has 1 heterocycles. The van der Waals surface area contributed by atoms with E-state index in [0.717, 1.165) is 23.5 Å². The predicted octanol–water partition coefficient (Wildman–Crippen LogP) is 17.4. The van der Waals surface area contributed by atoms with Gasteiger partial charge in [-0.3, -0.25) is 0 Å². The van der Waals surface area contributed by atoms with Crippen LogP contribution in [0.1, 0.15) is 16.7 Å². The molecule has 1 aliphatic rings. The summed E-state index contributed by atoms with van der Waals surface area (Å²) in [4.78, 5) is 2.37. The summed E-state index contributed by atoms with van der Waals surface area (Å²) < 4.78 is 2.67. The van der Waals surface area contributed by atoms with Crippen LogP contribution in [0.2, 0.25) is 0 Å². The molecule has 1 nitrogen and oxygen atoms in total. The lowest BCUT2D eigenvalue weighted by Crippen LogP contribution is -2.10. The lowest BCUT2D eigenvalue weighted by molar-refractivity contribution is 1.27. The van der Waals surface area contributed by atoms with Gasteiger partial charge in [-0.2, -0.15) is 0 Å². The normalized spacial score (nSPS) is 12.2. The van der Waals surface area contributed by atoms with Crippen LogP contribution in [0.3, 0.4) is 0 Å². The van der Waals surface area contributed by atoms with Gasteiger partial charge in [-0.05, 0) is 145 Å². The molecule has 63 heavy (non-hydrogen) atoms. The van der Waals surface area contributed by atoms with Crippen LogP contribution < -0.4 is 4.90 Å². The molecule has 0 saturated carbocycles. The van der Waals surface area contributed by atoms with Crippen molar-refractivity contribution in [3.05, 3.63) is 247 Å². The molecule has 0 N–H and O–H groups in total. The van der Waals surface area contributed by atoms with Crippen LogP contribution in [-0.4, -0.2) is 0 Å². The Hall–Kier alpha value is -7.78. The number of fused-ring (bicyclic) bond motifs is 5. The number of hydrogen-bond donors (Lipinski definition) is 0. The molecule has 1 aromatic heterocycles. The summed E-state index contributed by atoms with van der Waals surface area (Å²) in [5, 5.41) is 5.18. The molecule has 11 aromatic rings. The molecule has 0 bridgehead atoms. The van der Waals surface area contributed by atoms with Crippen LogP contribution in [-0.2, 0) is 6.42 Å². The van der Waals surface area contributed by atoms with Crippen molar-refractivity contribution in [1.82, 2.24) is 0 Å². The van der Waals surface area contributed by atoms with Gasteiger partial charge in [-0.15, -0.1) is 11.3 Å². The molecule has 0 amide bonds. The number of thiophene rings is 1. The SMILES string of the molecule is C1=C(c2ccc(N(c3ccc(-c4ccc(-c5ccc6ccccc6c5)cc4)cc3)c3ccc(-c4ccc(-c5ccc6sc7ccccc7c6c5)cc4)cc3)cc2)Cc2ccccc21. The van der Waals surface area contributed by atoms with Crippen molar-refractivity contribution in [3.8, 4) is 44.5 Å². The first-order valence-corrected chi connectivity index (χ1v) is 22.5. The third-order valence-corrected chi connectivity index (χ3v) is 13.9. The highest BCUT2D eigenvalue weighted by molar-refractivity contribution is 7.25. The predicted molar refractivity (Wildman–Crippen MR) is 271 cm³/mol. The van der Waals surface area contributed by atoms with Gasteiger partial charge in [0.05, 0.1) is 0 Å². The quantitative estimate of drug-likeness (QED) is 0.148. The number of rotatable bonds is 8. The lowest BCUT2D eigenvalue weighted by Gasteiger charge is -2.26. The Bertz CT molecular complexity index is 3480. The maximum absolute atomic E-state index is 2.37. The maximum atomic E-state index is 2.37. The van der Waals surface area contributed by atoms with Gasteiger partial charge >= 0.3 is 0 Å². The second-order valence-corrected chi connectivity index (χ2v) is 17.6. The molecule has 0 saturated heterocycles. The van der Waals surface area contributed by atoms with E-state index in [1.807, 2.05) is 11.3 Å². The third kappa shape index (κ3) is 7.01. The largest absolute Gasteiger partial charge is 0.311 e. The van der Waals surface area contributed by atoms with Crippen LogP contribution >= 0.6 is 11.3 Å². The van der Waals surface area contributed by atoms with E-state index in [4.69, 9.17) is 0 Å². The highest BCUT2D eigenvalue weighted by Gasteiger charge is 2.17. The zero-order valence-corrected chi connectivity index (χ0v) is 35.4. The van der Waals surface area contributed by atoms with Gasteiger partial charge in [-0.1, -0.05) is 176 Å².